The molecule has 0 saturated carbocycles. The van der Waals surface area contributed by atoms with Crippen molar-refractivity contribution in [3.63, 3.8) is 0 Å². The Morgan fingerprint density at radius 3 is 2.16 bits per heavy atom. The first kappa shape index (κ1) is 48.3. The van der Waals surface area contributed by atoms with E-state index in [9.17, 15) is 24.0 Å². The highest BCUT2D eigenvalue weighted by Gasteiger charge is 2.36. The number of nitrogens with two attached hydrogens (primary N) is 3. The van der Waals surface area contributed by atoms with Crippen LogP contribution in [-0.2, 0) is 31.0 Å². The molecule has 17 nitrogen and oxygen atoms in total. The molecule has 0 fully saturated rings. The number of nitrogens with one attached hydrogen (secondary N) is 4. The van der Waals surface area contributed by atoms with E-state index in [2.05, 4.69) is 58.6 Å². The second kappa shape index (κ2) is 21.6. The van der Waals surface area contributed by atoms with E-state index in [1.165, 1.54) is 25.1 Å². The molecule has 0 radical (unpaired) electrons. The molecule has 10 N–H and O–H groups in total. The summed E-state index contributed by atoms with van der Waals surface area (Å²) in [4.78, 5) is 79.5. The summed E-state index contributed by atoms with van der Waals surface area (Å²) in [5, 5.41) is 11.1. The van der Waals surface area contributed by atoms with Crippen LogP contribution in [0.3, 0.4) is 0 Å². The Morgan fingerprint density at radius 1 is 0.922 bits per heavy atom. The number of hydrogen-bond acceptors (Lipinski definition) is 12. The standard InChI is InChI=1S/C47H60N10O7/c1-8-40(58)55-39-24-29-9-15-37(63-21-19-49)33(23-29)34-25-31(12-16-38(34)64-22-20-50)41(45(61)53-28(3)43(59)56-39)57(7)46(62)36(17-18-48)54-44(60)35-26-51-42(52-27(35)2)30-10-13-32(14-11-30)47(4,5)6/h8-16,23,25-26,28,36,39,41H,1,17-22,24,48-50H2,2-7H3,(H,53,61)(H,54,60)(H,55,58)(H,56,59)/t28-,36-,39-,41-/m0/s1. The van der Waals surface area contributed by atoms with Gasteiger partial charge in [0.05, 0.1) is 11.3 Å². The normalized spacial score (nSPS) is 16.9. The molecule has 4 atom stereocenters. The monoisotopic (exact) mass is 876 g/mol. The van der Waals surface area contributed by atoms with Gasteiger partial charge in [-0.05, 0) is 79.3 Å². The third-order valence-electron chi connectivity index (χ3n) is 10.7. The van der Waals surface area contributed by atoms with Gasteiger partial charge in [0.2, 0.25) is 23.6 Å². The van der Waals surface area contributed by atoms with Crippen LogP contribution in [0.2, 0.25) is 0 Å². The fourth-order valence-electron chi connectivity index (χ4n) is 7.22. The number of carbonyl (C=O) groups is 5. The number of nitrogens with zero attached hydrogens (tertiary/aromatic N) is 3. The molecule has 5 amide bonds. The molecule has 0 unspecified atom stereocenters. The Hall–Kier alpha value is -6.69. The first-order valence-corrected chi connectivity index (χ1v) is 21.2. The van der Waals surface area contributed by atoms with E-state index in [0.717, 1.165) is 17.2 Å². The number of rotatable bonds is 15. The summed E-state index contributed by atoms with van der Waals surface area (Å²) < 4.78 is 12.2. The van der Waals surface area contributed by atoms with Crippen molar-refractivity contribution in [1.29, 1.82) is 0 Å². The average Bonchev–Trinajstić information content (AvgIpc) is 3.26. The van der Waals surface area contributed by atoms with Crippen molar-refractivity contribution in [2.24, 2.45) is 17.2 Å². The zero-order chi connectivity index (χ0) is 46.7. The lowest BCUT2D eigenvalue weighted by molar-refractivity contribution is -0.141. The topological polar surface area (TPSA) is 259 Å². The molecule has 4 bridgehead atoms. The van der Waals surface area contributed by atoms with Crippen molar-refractivity contribution in [2.75, 3.05) is 39.9 Å². The van der Waals surface area contributed by atoms with Gasteiger partial charge in [-0.25, -0.2) is 9.97 Å². The molecule has 0 spiro atoms. The van der Waals surface area contributed by atoms with Gasteiger partial charge in [0.25, 0.3) is 5.91 Å². The second-order valence-corrected chi connectivity index (χ2v) is 16.5. The molecule has 4 aromatic rings. The van der Waals surface area contributed by atoms with E-state index in [1.54, 1.807) is 37.3 Å². The van der Waals surface area contributed by atoms with Gasteiger partial charge >= 0.3 is 0 Å². The number of hydrogen-bond donors (Lipinski definition) is 7. The zero-order valence-electron chi connectivity index (χ0n) is 37.3. The molecule has 340 valence electrons. The Kier molecular flexibility index (Phi) is 16.3. The van der Waals surface area contributed by atoms with Gasteiger partial charge < -0.3 is 52.8 Å². The Labute approximate surface area is 373 Å². The summed E-state index contributed by atoms with van der Waals surface area (Å²) in [7, 11) is 1.43. The molecule has 64 heavy (non-hydrogen) atoms. The van der Waals surface area contributed by atoms with E-state index in [1.807, 2.05) is 30.3 Å². The zero-order valence-corrected chi connectivity index (χ0v) is 37.3. The lowest BCUT2D eigenvalue weighted by Crippen LogP contribution is -2.56. The van der Waals surface area contributed by atoms with E-state index in [-0.39, 0.29) is 56.7 Å². The van der Waals surface area contributed by atoms with Gasteiger partial charge in [-0.15, -0.1) is 0 Å². The number of aromatic nitrogens is 2. The van der Waals surface area contributed by atoms with Crippen molar-refractivity contribution in [3.8, 4) is 34.0 Å². The smallest absolute Gasteiger partial charge is 0.255 e. The minimum absolute atomic E-state index is 0.0143. The Bertz CT molecular complexity index is 2350. The molecule has 0 aliphatic carbocycles. The maximum atomic E-state index is 14.6. The second-order valence-electron chi connectivity index (χ2n) is 16.5. The summed E-state index contributed by atoms with van der Waals surface area (Å²) in [5.41, 5.74) is 22.2. The van der Waals surface area contributed by atoms with E-state index in [0.29, 0.717) is 45.3 Å². The van der Waals surface area contributed by atoms with Crippen LogP contribution in [0, 0.1) is 6.92 Å². The fourth-order valence-corrected chi connectivity index (χ4v) is 7.22. The molecule has 1 aromatic heterocycles. The minimum Gasteiger partial charge on any atom is -0.492 e. The molecule has 0 saturated heterocycles. The van der Waals surface area contributed by atoms with Crippen molar-refractivity contribution in [1.82, 2.24) is 36.1 Å². The third kappa shape index (κ3) is 11.9. The number of likely N-dealkylation sites (N-methyl/N-ethyl adjacent to an activating group) is 1. The lowest BCUT2D eigenvalue weighted by Gasteiger charge is -2.32. The SMILES string of the molecule is C=CC(=O)N[C@@H]1Cc2ccc(OCCN)c(c2)-c2cc(ccc2OCCN)[C@H](N(C)C(=O)[C@H](CCN)NC(=O)c2cnc(-c3ccc(C(C)(C)C)cc3)nc2C)C(=O)N[C@@H](C)C(=O)N1. The molecular formula is C47H60N10O7. The van der Waals surface area contributed by atoms with Crippen LogP contribution >= 0.6 is 0 Å². The summed E-state index contributed by atoms with van der Waals surface area (Å²) in [6, 6.07) is 14.6. The lowest BCUT2D eigenvalue weighted by atomic mass is 9.87. The largest absolute Gasteiger partial charge is 0.492 e. The summed E-state index contributed by atoms with van der Waals surface area (Å²) >= 11 is 0. The summed E-state index contributed by atoms with van der Waals surface area (Å²) in [5.74, 6) is -1.84. The molecule has 5 rings (SSSR count). The van der Waals surface area contributed by atoms with Gasteiger partial charge in [0, 0.05) is 49.4 Å². The summed E-state index contributed by atoms with van der Waals surface area (Å²) in [6.07, 6.45) is 1.74. The number of carbonyl (C=O) groups excluding carboxylic acids is 5. The molecule has 3 aromatic carbocycles. The summed E-state index contributed by atoms with van der Waals surface area (Å²) in [6.45, 7) is 13.8. The number of aryl methyl sites for hydroxylation is 1. The maximum Gasteiger partial charge on any atom is 0.255 e. The molecule has 2 heterocycles. The predicted molar refractivity (Wildman–Crippen MR) is 244 cm³/mol. The van der Waals surface area contributed by atoms with Crippen molar-refractivity contribution in [2.45, 2.75) is 77.2 Å². The highest BCUT2D eigenvalue weighted by atomic mass is 16.5. The number of ether oxygens (including phenoxy) is 2. The quantitative estimate of drug-likeness (QED) is 0.0851. The van der Waals surface area contributed by atoms with Gasteiger partial charge in [0.1, 0.15) is 49.0 Å². The van der Waals surface area contributed by atoms with Gasteiger partial charge in [-0.1, -0.05) is 63.7 Å². The van der Waals surface area contributed by atoms with Crippen LogP contribution in [0.4, 0.5) is 0 Å². The van der Waals surface area contributed by atoms with E-state index < -0.39 is 53.8 Å². The fraction of sp³-hybridized carbons (Fsp3) is 0.383. The van der Waals surface area contributed by atoms with Crippen molar-refractivity contribution >= 4 is 29.5 Å². The Balaban J connectivity index is 1.55. The molecule has 1 aliphatic rings. The van der Waals surface area contributed by atoms with Crippen molar-refractivity contribution < 1.29 is 33.4 Å². The van der Waals surface area contributed by atoms with Crippen molar-refractivity contribution in [3.05, 3.63) is 107 Å². The molecule has 1 aliphatic heterocycles. The first-order chi connectivity index (χ1) is 30.5. The predicted octanol–water partition coefficient (Wildman–Crippen LogP) is 2.54. The van der Waals surface area contributed by atoms with Crippen LogP contribution in [0.1, 0.15) is 72.9 Å². The highest BCUT2D eigenvalue weighted by molar-refractivity contribution is 5.99. The molecule has 17 heteroatoms. The van der Waals surface area contributed by atoms with Crippen LogP contribution < -0.4 is 47.9 Å². The minimum atomic E-state index is -1.37. The highest BCUT2D eigenvalue weighted by Crippen LogP contribution is 2.40. The maximum absolute atomic E-state index is 14.6. The average molecular weight is 877 g/mol. The third-order valence-corrected chi connectivity index (χ3v) is 10.7. The number of amides is 5. The van der Waals surface area contributed by atoms with Crippen LogP contribution in [0.25, 0.3) is 22.5 Å². The van der Waals surface area contributed by atoms with Gasteiger partial charge in [0.15, 0.2) is 5.82 Å². The molecular weight excluding hydrogens is 817 g/mol. The van der Waals surface area contributed by atoms with Gasteiger partial charge in [-0.3, -0.25) is 24.0 Å². The van der Waals surface area contributed by atoms with E-state index >= 15 is 0 Å². The Morgan fingerprint density at radius 2 is 1.56 bits per heavy atom. The number of fused-ring (bicyclic) bond motifs is 5. The van der Waals surface area contributed by atoms with Crippen LogP contribution in [0.5, 0.6) is 11.5 Å². The van der Waals surface area contributed by atoms with Crippen LogP contribution in [-0.4, -0.2) is 103 Å². The number of benzene rings is 3. The first-order valence-electron chi connectivity index (χ1n) is 21.2. The van der Waals surface area contributed by atoms with Crippen LogP contribution in [0.15, 0.2) is 79.5 Å². The van der Waals surface area contributed by atoms with E-state index in [4.69, 9.17) is 26.7 Å². The van der Waals surface area contributed by atoms with Gasteiger partial charge in [-0.2, -0.15) is 0 Å².